The number of carbonyl (C=O) groups excluding carboxylic acids is 1. The molecule has 9 nitrogen and oxygen atoms in total. The fourth-order valence-corrected chi connectivity index (χ4v) is 2.95. The van der Waals surface area contributed by atoms with E-state index in [9.17, 15) is 14.9 Å². The third-order valence-electron chi connectivity index (χ3n) is 4.07. The van der Waals surface area contributed by atoms with Gasteiger partial charge in [-0.15, -0.1) is 0 Å². The molecular weight excluding hydrogens is 422 g/mol. The zero-order chi connectivity index (χ0) is 23.0. The molecule has 1 amide bonds. The molecule has 0 spiro atoms. The van der Waals surface area contributed by atoms with Crippen LogP contribution >= 0.6 is 12.2 Å². The van der Waals surface area contributed by atoms with Gasteiger partial charge in [0.15, 0.2) is 16.6 Å². The zero-order valence-electron chi connectivity index (χ0n) is 17.8. The van der Waals surface area contributed by atoms with Crippen molar-refractivity contribution in [1.82, 2.24) is 5.32 Å². The molecule has 0 saturated heterocycles. The number of amides is 1. The lowest BCUT2D eigenvalue weighted by atomic mass is 10.1. The molecule has 0 unspecified atom stereocenters. The van der Waals surface area contributed by atoms with Crippen molar-refractivity contribution in [2.45, 2.75) is 27.7 Å². The Balaban J connectivity index is 2.22. The number of nitro benzene ring substituents is 1. The van der Waals surface area contributed by atoms with Crippen LogP contribution in [0.3, 0.4) is 0 Å². The minimum absolute atomic E-state index is 0.0284. The number of nitrogens with one attached hydrogen (secondary N) is 2. The molecule has 166 valence electrons. The second kappa shape index (κ2) is 11.1. The van der Waals surface area contributed by atoms with Gasteiger partial charge in [0.2, 0.25) is 5.75 Å². The number of benzene rings is 2. The highest BCUT2D eigenvalue weighted by Crippen LogP contribution is 2.39. The van der Waals surface area contributed by atoms with E-state index in [1.54, 1.807) is 19.1 Å². The molecule has 0 radical (unpaired) electrons. The van der Waals surface area contributed by atoms with Crippen LogP contribution in [-0.4, -0.2) is 35.8 Å². The second-order valence-corrected chi connectivity index (χ2v) is 6.67. The Morgan fingerprint density at radius 3 is 2.10 bits per heavy atom. The lowest BCUT2D eigenvalue weighted by Crippen LogP contribution is -2.34. The molecule has 31 heavy (non-hydrogen) atoms. The van der Waals surface area contributed by atoms with Crippen LogP contribution in [0.4, 0.5) is 11.4 Å². The number of anilines is 1. The monoisotopic (exact) mass is 447 g/mol. The predicted molar refractivity (Wildman–Crippen MR) is 121 cm³/mol. The minimum Gasteiger partial charge on any atom is -0.490 e. The Labute approximate surface area is 185 Å². The van der Waals surface area contributed by atoms with Crippen LogP contribution in [0.15, 0.2) is 30.3 Å². The Bertz CT molecular complexity index is 953. The average Bonchev–Trinajstić information content (AvgIpc) is 2.71. The summed E-state index contributed by atoms with van der Waals surface area (Å²) >= 11 is 5.23. The molecule has 2 rings (SSSR count). The van der Waals surface area contributed by atoms with Gasteiger partial charge in [0.1, 0.15) is 0 Å². The number of carbonyl (C=O) groups is 1. The third kappa shape index (κ3) is 6.29. The van der Waals surface area contributed by atoms with Gasteiger partial charge < -0.3 is 19.5 Å². The van der Waals surface area contributed by atoms with E-state index in [1.165, 1.54) is 18.2 Å². The lowest BCUT2D eigenvalue weighted by Gasteiger charge is -2.17. The molecule has 2 aromatic rings. The van der Waals surface area contributed by atoms with Crippen LogP contribution < -0.4 is 24.8 Å². The van der Waals surface area contributed by atoms with E-state index in [1.807, 2.05) is 20.8 Å². The molecule has 0 aromatic heterocycles. The number of rotatable bonds is 9. The first-order valence-corrected chi connectivity index (χ1v) is 10.1. The van der Waals surface area contributed by atoms with Gasteiger partial charge >= 0.3 is 0 Å². The Morgan fingerprint density at radius 1 is 1.03 bits per heavy atom. The van der Waals surface area contributed by atoms with Crippen LogP contribution in [0, 0.1) is 17.0 Å². The number of hydrogen-bond donors (Lipinski definition) is 2. The molecule has 0 bridgehead atoms. The van der Waals surface area contributed by atoms with Gasteiger partial charge in [-0.25, -0.2) is 0 Å². The molecule has 0 atom stereocenters. The minimum atomic E-state index is -0.477. The molecular formula is C21H25N3O6S. The van der Waals surface area contributed by atoms with E-state index in [-0.39, 0.29) is 16.4 Å². The Kier molecular flexibility index (Phi) is 8.56. The van der Waals surface area contributed by atoms with E-state index in [0.29, 0.717) is 48.3 Å². The van der Waals surface area contributed by atoms with Crippen molar-refractivity contribution in [3.8, 4) is 17.2 Å². The fourth-order valence-electron chi connectivity index (χ4n) is 2.75. The van der Waals surface area contributed by atoms with E-state index in [0.717, 1.165) is 0 Å². The number of nitro groups is 1. The smallest absolute Gasteiger partial charge is 0.269 e. The summed E-state index contributed by atoms with van der Waals surface area (Å²) in [6, 6.07) is 7.43. The van der Waals surface area contributed by atoms with E-state index in [2.05, 4.69) is 10.6 Å². The van der Waals surface area contributed by atoms with Crippen LogP contribution in [0.1, 0.15) is 36.7 Å². The zero-order valence-corrected chi connectivity index (χ0v) is 18.6. The molecule has 10 heteroatoms. The molecule has 0 saturated carbocycles. The van der Waals surface area contributed by atoms with Crippen molar-refractivity contribution in [3.05, 3.63) is 51.6 Å². The van der Waals surface area contributed by atoms with Gasteiger partial charge in [-0.05, 0) is 63.7 Å². The second-order valence-electron chi connectivity index (χ2n) is 6.27. The summed E-state index contributed by atoms with van der Waals surface area (Å²) in [5.74, 6) is 0.753. The van der Waals surface area contributed by atoms with Gasteiger partial charge in [-0.1, -0.05) is 0 Å². The van der Waals surface area contributed by atoms with Crippen molar-refractivity contribution in [3.63, 3.8) is 0 Å². The number of aryl methyl sites for hydroxylation is 1. The quantitative estimate of drug-likeness (QED) is 0.334. The van der Waals surface area contributed by atoms with Gasteiger partial charge in [0.05, 0.1) is 24.7 Å². The standard InChI is InChI=1S/C21H25N3O6S/c1-5-28-17-11-14(12-18(29-6-2)19(17)30-7-3)20(25)23-21(31)22-16-9-8-15(24(26)27)10-13(16)4/h8-12H,5-7H2,1-4H3,(H2,22,23,25,31). The Hall–Kier alpha value is -3.40. The van der Waals surface area contributed by atoms with Gasteiger partial charge in [-0.3, -0.25) is 20.2 Å². The highest BCUT2D eigenvalue weighted by Gasteiger charge is 2.19. The highest BCUT2D eigenvalue weighted by atomic mass is 32.1. The fraction of sp³-hybridized carbons (Fsp3) is 0.333. The number of hydrogen-bond acceptors (Lipinski definition) is 7. The van der Waals surface area contributed by atoms with Crippen molar-refractivity contribution in [1.29, 1.82) is 0 Å². The Morgan fingerprint density at radius 2 is 1.61 bits per heavy atom. The summed E-state index contributed by atoms with van der Waals surface area (Å²) in [5.41, 5.74) is 1.41. The first-order valence-electron chi connectivity index (χ1n) is 9.74. The molecule has 2 N–H and O–H groups in total. The molecule has 0 aliphatic heterocycles. The van der Waals surface area contributed by atoms with Crippen LogP contribution in [0.5, 0.6) is 17.2 Å². The molecule has 0 fully saturated rings. The molecule has 0 aliphatic rings. The van der Waals surface area contributed by atoms with Crippen LogP contribution in [0.2, 0.25) is 0 Å². The van der Waals surface area contributed by atoms with Crippen LogP contribution in [0.25, 0.3) is 0 Å². The molecule has 0 heterocycles. The summed E-state index contributed by atoms with van der Waals surface area (Å²) in [5, 5.41) is 16.4. The maximum Gasteiger partial charge on any atom is 0.269 e. The largest absolute Gasteiger partial charge is 0.490 e. The third-order valence-corrected chi connectivity index (χ3v) is 4.27. The predicted octanol–water partition coefficient (Wildman–Crippen LogP) is 4.23. The van der Waals surface area contributed by atoms with Crippen LogP contribution in [-0.2, 0) is 0 Å². The maximum absolute atomic E-state index is 12.8. The van der Waals surface area contributed by atoms with Crippen molar-refractivity contribution >= 4 is 34.6 Å². The van der Waals surface area contributed by atoms with E-state index >= 15 is 0 Å². The number of nitrogens with zero attached hydrogens (tertiary/aromatic N) is 1. The number of non-ortho nitro benzene ring substituents is 1. The number of thiocarbonyl (C=S) groups is 1. The summed E-state index contributed by atoms with van der Waals surface area (Å²) in [4.78, 5) is 23.2. The molecule has 0 aliphatic carbocycles. The first kappa shape index (κ1) is 23.9. The average molecular weight is 448 g/mol. The van der Waals surface area contributed by atoms with Gasteiger partial charge in [0.25, 0.3) is 11.6 Å². The lowest BCUT2D eigenvalue weighted by molar-refractivity contribution is -0.384. The summed E-state index contributed by atoms with van der Waals surface area (Å²) < 4.78 is 16.9. The summed E-state index contributed by atoms with van der Waals surface area (Å²) in [7, 11) is 0. The maximum atomic E-state index is 12.8. The normalized spacial score (nSPS) is 10.2. The SMILES string of the molecule is CCOc1cc(C(=O)NC(=S)Nc2ccc([N+](=O)[O-])cc2C)cc(OCC)c1OCC. The number of ether oxygens (including phenoxy) is 3. The van der Waals surface area contributed by atoms with Crippen molar-refractivity contribution in [2.75, 3.05) is 25.1 Å². The topological polar surface area (TPSA) is 112 Å². The first-order chi connectivity index (χ1) is 14.8. The van der Waals surface area contributed by atoms with E-state index in [4.69, 9.17) is 26.4 Å². The summed E-state index contributed by atoms with van der Waals surface area (Å²) in [6.07, 6.45) is 0. The van der Waals surface area contributed by atoms with Gasteiger partial charge in [-0.2, -0.15) is 0 Å². The van der Waals surface area contributed by atoms with Crippen molar-refractivity contribution in [2.24, 2.45) is 0 Å². The summed E-state index contributed by atoms with van der Waals surface area (Å²) in [6.45, 7) is 8.38. The van der Waals surface area contributed by atoms with Crippen molar-refractivity contribution < 1.29 is 23.9 Å². The van der Waals surface area contributed by atoms with E-state index < -0.39 is 10.8 Å². The van der Waals surface area contributed by atoms with Gasteiger partial charge in [0, 0.05) is 23.4 Å². The highest BCUT2D eigenvalue weighted by molar-refractivity contribution is 7.80. The molecule has 2 aromatic carbocycles.